The molecule has 1 amide bonds. The molecule has 2 N–H and O–H groups in total. The number of nitrogens with one attached hydrogen (secondary N) is 2. The molecule has 1 aliphatic rings. The van der Waals surface area contributed by atoms with Crippen LogP contribution >= 0.6 is 0 Å². The van der Waals surface area contributed by atoms with Crippen molar-refractivity contribution in [3.05, 3.63) is 23.5 Å². The lowest BCUT2D eigenvalue weighted by molar-refractivity contribution is -0.118. The number of anilines is 1. The van der Waals surface area contributed by atoms with Gasteiger partial charge in [0.15, 0.2) is 5.82 Å². The van der Waals surface area contributed by atoms with E-state index in [9.17, 15) is 4.79 Å². The summed E-state index contributed by atoms with van der Waals surface area (Å²) < 4.78 is 7.14. The Morgan fingerprint density at radius 2 is 2.17 bits per heavy atom. The van der Waals surface area contributed by atoms with Gasteiger partial charge in [-0.05, 0) is 20.3 Å². The highest BCUT2D eigenvalue weighted by molar-refractivity contribution is 5.93. The normalized spacial score (nSPS) is 18.5. The van der Waals surface area contributed by atoms with Gasteiger partial charge >= 0.3 is 0 Å². The summed E-state index contributed by atoms with van der Waals surface area (Å²) in [5.74, 6) is 3.36. The maximum absolute atomic E-state index is 12.3. The number of aryl methyl sites for hydroxylation is 2. The van der Waals surface area contributed by atoms with E-state index in [2.05, 4.69) is 44.4 Å². The molecular weight excluding hydrogens is 308 g/mol. The molecule has 0 aromatic carbocycles. The van der Waals surface area contributed by atoms with Crippen LogP contribution in [0.4, 0.5) is 5.82 Å². The molecule has 2 aromatic heterocycles. The first kappa shape index (κ1) is 16.6. The van der Waals surface area contributed by atoms with Crippen LogP contribution in [0.25, 0.3) is 0 Å². The average Bonchev–Trinajstić information content (AvgIpc) is 3.12. The lowest BCUT2D eigenvalue weighted by Gasteiger charge is -2.28. The maximum atomic E-state index is 12.3. The number of amides is 1. The molecule has 24 heavy (non-hydrogen) atoms. The van der Waals surface area contributed by atoms with Crippen LogP contribution in [0.15, 0.2) is 10.6 Å². The second kappa shape index (κ2) is 6.72. The van der Waals surface area contributed by atoms with Crippen molar-refractivity contribution < 1.29 is 9.32 Å². The monoisotopic (exact) mass is 332 g/mol. The molecule has 0 fully saturated rings. The molecule has 3 heterocycles. The van der Waals surface area contributed by atoms with Gasteiger partial charge in [-0.3, -0.25) is 4.79 Å². The second-order valence-corrected chi connectivity index (χ2v) is 6.68. The molecule has 2 aromatic rings. The zero-order chi connectivity index (χ0) is 17.3. The van der Waals surface area contributed by atoms with Crippen LogP contribution in [0.5, 0.6) is 0 Å². The Bertz CT molecular complexity index is 720. The zero-order valence-corrected chi connectivity index (χ0v) is 14.5. The lowest BCUT2D eigenvalue weighted by Crippen LogP contribution is -2.47. The van der Waals surface area contributed by atoms with Crippen LogP contribution in [0.3, 0.4) is 0 Å². The average molecular weight is 332 g/mol. The minimum absolute atomic E-state index is 0.123. The molecule has 0 spiro atoms. The van der Waals surface area contributed by atoms with E-state index in [1.165, 1.54) is 0 Å². The number of rotatable bonds is 5. The molecule has 2 atom stereocenters. The fraction of sp³-hybridized carbons (Fsp3) is 0.625. The third kappa shape index (κ3) is 3.48. The topological polar surface area (TPSA) is 97.9 Å². The Hall–Kier alpha value is -2.22. The predicted molar refractivity (Wildman–Crippen MR) is 88.7 cm³/mol. The highest BCUT2D eigenvalue weighted by Gasteiger charge is 2.26. The van der Waals surface area contributed by atoms with Gasteiger partial charge in [-0.25, -0.2) is 0 Å². The minimum atomic E-state index is -0.326. The second-order valence-electron chi connectivity index (χ2n) is 6.68. The molecule has 0 saturated carbocycles. The predicted octanol–water partition coefficient (Wildman–Crippen LogP) is 1.63. The van der Waals surface area contributed by atoms with Crippen LogP contribution in [0, 0.1) is 6.92 Å². The van der Waals surface area contributed by atoms with Crippen molar-refractivity contribution in [3.8, 4) is 0 Å². The SMILES string of the molecule is Cc1cc(NC(=O)[C@@H](C)N[C@H]2CCc3nnc(C(C)C)n3C2)no1. The van der Waals surface area contributed by atoms with Gasteiger partial charge in [0.2, 0.25) is 5.91 Å². The van der Waals surface area contributed by atoms with Gasteiger partial charge in [0.1, 0.15) is 17.4 Å². The van der Waals surface area contributed by atoms with E-state index in [1.54, 1.807) is 13.0 Å². The smallest absolute Gasteiger partial charge is 0.242 e. The number of hydrogen-bond acceptors (Lipinski definition) is 6. The number of nitrogens with zero attached hydrogens (tertiary/aromatic N) is 4. The van der Waals surface area contributed by atoms with E-state index in [0.29, 0.717) is 17.5 Å². The number of aromatic nitrogens is 4. The summed E-state index contributed by atoms with van der Waals surface area (Å²) in [4.78, 5) is 12.3. The maximum Gasteiger partial charge on any atom is 0.242 e. The van der Waals surface area contributed by atoms with Crippen LogP contribution in [-0.2, 0) is 17.8 Å². The molecule has 8 nitrogen and oxygen atoms in total. The van der Waals surface area contributed by atoms with E-state index >= 15 is 0 Å². The van der Waals surface area contributed by atoms with Gasteiger partial charge in [0.25, 0.3) is 0 Å². The van der Waals surface area contributed by atoms with E-state index < -0.39 is 0 Å². The summed E-state index contributed by atoms with van der Waals surface area (Å²) in [6, 6.07) is 1.59. The van der Waals surface area contributed by atoms with Crippen molar-refractivity contribution in [1.29, 1.82) is 0 Å². The van der Waals surface area contributed by atoms with Crippen molar-refractivity contribution >= 4 is 11.7 Å². The molecule has 0 aliphatic carbocycles. The zero-order valence-electron chi connectivity index (χ0n) is 14.5. The molecule has 0 saturated heterocycles. The van der Waals surface area contributed by atoms with Gasteiger partial charge in [-0.1, -0.05) is 19.0 Å². The first-order valence-corrected chi connectivity index (χ1v) is 8.36. The molecule has 130 valence electrons. The first-order valence-electron chi connectivity index (χ1n) is 8.36. The fourth-order valence-electron chi connectivity index (χ4n) is 3.00. The Labute approximate surface area is 141 Å². The Balaban J connectivity index is 1.59. The van der Waals surface area contributed by atoms with Crippen LogP contribution in [-0.4, -0.2) is 37.9 Å². The number of carbonyl (C=O) groups is 1. The van der Waals surface area contributed by atoms with Crippen molar-refractivity contribution in [2.75, 3.05) is 5.32 Å². The molecule has 8 heteroatoms. The van der Waals surface area contributed by atoms with Crippen molar-refractivity contribution in [2.45, 2.75) is 65.1 Å². The van der Waals surface area contributed by atoms with Gasteiger partial charge < -0.3 is 19.7 Å². The van der Waals surface area contributed by atoms with Crippen LogP contribution in [0.1, 0.15) is 50.5 Å². The number of fused-ring (bicyclic) bond motifs is 1. The summed E-state index contributed by atoms with van der Waals surface area (Å²) >= 11 is 0. The molecule has 3 rings (SSSR count). The van der Waals surface area contributed by atoms with E-state index in [0.717, 1.165) is 31.0 Å². The van der Waals surface area contributed by atoms with Gasteiger partial charge in [0, 0.05) is 31.0 Å². The van der Waals surface area contributed by atoms with Crippen LogP contribution in [0.2, 0.25) is 0 Å². The summed E-state index contributed by atoms with van der Waals surface area (Å²) in [6.45, 7) is 8.66. The third-order valence-electron chi connectivity index (χ3n) is 4.25. The van der Waals surface area contributed by atoms with E-state index in [1.807, 2.05) is 6.92 Å². The molecule has 0 bridgehead atoms. The Morgan fingerprint density at radius 3 is 2.83 bits per heavy atom. The summed E-state index contributed by atoms with van der Waals surface area (Å²) in [5.41, 5.74) is 0. The minimum Gasteiger partial charge on any atom is -0.360 e. The molecule has 1 aliphatic heterocycles. The highest BCUT2D eigenvalue weighted by atomic mass is 16.5. The number of carbonyl (C=O) groups excluding carboxylic acids is 1. The standard InChI is InChI=1S/C16H24N6O2/c1-9(2)15-20-19-14-6-5-12(8-22(14)15)17-11(4)16(23)18-13-7-10(3)24-21-13/h7,9,11-12,17H,5-6,8H2,1-4H3,(H,18,21,23)/t11-,12+/m1/s1. The lowest BCUT2D eigenvalue weighted by atomic mass is 10.0. The third-order valence-corrected chi connectivity index (χ3v) is 4.25. The molecule has 0 unspecified atom stereocenters. The summed E-state index contributed by atoms with van der Waals surface area (Å²) in [7, 11) is 0. The van der Waals surface area contributed by atoms with E-state index in [-0.39, 0.29) is 18.0 Å². The molecular formula is C16H24N6O2. The van der Waals surface area contributed by atoms with Crippen molar-refractivity contribution in [3.63, 3.8) is 0 Å². The Kier molecular flexibility index (Phi) is 4.66. The molecule has 0 radical (unpaired) electrons. The summed E-state index contributed by atoms with van der Waals surface area (Å²) in [5, 5.41) is 18.5. The highest BCUT2D eigenvalue weighted by Crippen LogP contribution is 2.20. The van der Waals surface area contributed by atoms with Gasteiger partial charge in [-0.2, -0.15) is 0 Å². The Morgan fingerprint density at radius 1 is 1.38 bits per heavy atom. The fourth-order valence-corrected chi connectivity index (χ4v) is 3.00. The van der Waals surface area contributed by atoms with Crippen LogP contribution < -0.4 is 10.6 Å². The largest absolute Gasteiger partial charge is 0.360 e. The van der Waals surface area contributed by atoms with Crippen molar-refractivity contribution in [2.24, 2.45) is 0 Å². The quantitative estimate of drug-likeness (QED) is 0.863. The first-order chi connectivity index (χ1) is 11.4. The summed E-state index contributed by atoms with van der Waals surface area (Å²) in [6.07, 6.45) is 1.81. The number of hydrogen-bond donors (Lipinski definition) is 2. The van der Waals surface area contributed by atoms with Gasteiger partial charge in [0.05, 0.1) is 6.04 Å². The van der Waals surface area contributed by atoms with E-state index in [4.69, 9.17) is 4.52 Å². The van der Waals surface area contributed by atoms with Crippen molar-refractivity contribution in [1.82, 2.24) is 25.2 Å². The van der Waals surface area contributed by atoms with Gasteiger partial charge in [-0.15, -0.1) is 10.2 Å².